The normalized spacial score (nSPS) is 19.4. The van der Waals surface area contributed by atoms with Crippen molar-refractivity contribution >= 4 is 17.8 Å². The minimum Gasteiger partial charge on any atom is -0.378 e. The molecule has 2 aliphatic rings. The van der Waals surface area contributed by atoms with Crippen LogP contribution in [0.3, 0.4) is 0 Å². The second-order valence-corrected chi connectivity index (χ2v) is 6.74. The molecule has 8 heteroatoms. The number of hydrogen-bond acceptors (Lipinski definition) is 4. The topological polar surface area (TPSA) is 44.8 Å². The first-order valence-electron chi connectivity index (χ1n) is 9.03. The van der Waals surface area contributed by atoms with Crippen molar-refractivity contribution < 1.29 is 22.7 Å². The van der Waals surface area contributed by atoms with Crippen LogP contribution in [0, 0.1) is 0 Å². The first kappa shape index (κ1) is 19.0. The Balaban J connectivity index is 1.92. The number of benzene rings is 1. The third-order valence-corrected chi connectivity index (χ3v) is 4.95. The Morgan fingerprint density at radius 2 is 1.85 bits per heavy atom. The van der Waals surface area contributed by atoms with Crippen LogP contribution in [0.25, 0.3) is 0 Å². The fraction of sp³-hybridized carbons (Fsp3) is 0.611. The Morgan fingerprint density at radius 1 is 1.15 bits per heavy atom. The Labute approximate surface area is 151 Å². The minimum atomic E-state index is -4.46. The molecule has 1 saturated carbocycles. The SMILES string of the molecule is O=CN(NC1CCCCC1)c1cc(C(F)(F)F)ccc1N1CCOCC1. The molecule has 26 heavy (non-hydrogen) atoms. The Morgan fingerprint density at radius 3 is 2.46 bits per heavy atom. The Hall–Kier alpha value is -1.80. The van der Waals surface area contributed by atoms with E-state index >= 15 is 0 Å². The van der Waals surface area contributed by atoms with E-state index in [0.717, 1.165) is 44.2 Å². The minimum absolute atomic E-state index is 0.0982. The van der Waals surface area contributed by atoms with Gasteiger partial charge in [0, 0.05) is 19.1 Å². The van der Waals surface area contributed by atoms with Gasteiger partial charge >= 0.3 is 6.18 Å². The van der Waals surface area contributed by atoms with Crippen LogP contribution >= 0.6 is 0 Å². The van der Waals surface area contributed by atoms with Crippen molar-refractivity contribution in [3.8, 4) is 0 Å². The van der Waals surface area contributed by atoms with Gasteiger partial charge in [0.05, 0.1) is 30.2 Å². The second-order valence-electron chi connectivity index (χ2n) is 6.74. The molecule has 1 aromatic carbocycles. The van der Waals surface area contributed by atoms with Crippen LogP contribution in [-0.2, 0) is 15.7 Å². The largest absolute Gasteiger partial charge is 0.416 e. The molecule has 0 bridgehead atoms. The molecule has 1 heterocycles. The third kappa shape index (κ3) is 4.48. The molecule has 1 aliphatic heterocycles. The van der Waals surface area contributed by atoms with E-state index in [2.05, 4.69) is 5.43 Å². The Kier molecular flexibility index (Phi) is 6.03. The smallest absolute Gasteiger partial charge is 0.378 e. The van der Waals surface area contributed by atoms with Crippen molar-refractivity contribution in [2.75, 3.05) is 36.2 Å². The van der Waals surface area contributed by atoms with Gasteiger partial charge in [-0.05, 0) is 31.0 Å². The van der Waals surface area contributed by atoms with Gasteiger partial charge in [0.2, 0.25) is 6.41 Å². The number of nitrogens with zero attached hydrogens (tertiary/aromatic N) is 2. The number of ether oxygens (including phenoxy) is 1. The van der Waals surface area contributed by atoms with Crippen molar-refractivity contribution in [1.82, 2.24) is 5.43 Å². The maximum absolute atomic E-state index is 13.2. The zero-order chi connectivity index (χ0) is 18.6. The highest BCUT2D eigenvalue weighted by Gasteiger charge is 2.33. The fourth-order valence-electron chi connectivity index (χ4n) is 3.55. The number of anilines is 2. The van der Waals surface area contributed by atoms with Gasteiger partial charge in [-0.3, -0.25) is 4.79 Å². The van der Waals surface area contributed by atoms with Gasteiger partial charge in [0.1, 0.15) is 0 Å². The van der Waals surface area contributed by atoms with E-state index in [1.807, 2.05) is 4.90 Å². The molecule has 1 N–H and O–H groups in total. The van der Waals surface area contributed by atoms with Crippen molar-refractivity contribution in [2.45, 2.75) is 44.3 Å². The number of hydrazine groups is 1. The fourth-order valence-corrected chi connectivity index (χ4v) is 3.55. The van der Waals surface area contributed by atoms with Gasteiger partial charge in [0.15, 0.2) is 0 Å². The molecular weight excluding hydrogens is 347 g/mol. The number of hydrogen-bond donors (Lipinski definition) is 1. The number of morpholine rings is 1. The van der Waals surface area contributed by atoms with E-state index in [1.165, 1.54) is 11.1 Å². The van der Waals surface area contributed by atoms with Crippen molar-refractivity contribution in [3.63, 3.8) is 0 Å². The summed E-state index contributed by atoms with van der Waals surface area (Å²) in [5.74, 6) is 0. The first-order chi connectivity index (χ1) is 12.5. The van der Waals surface area contributed by atoms with E-state index in [-0.39, 0.29) is 11.7 Å². The predicted molar refractivity (Wildman–Crippen MR) is 93.0 cm³/mol. The van der Waals surface area contributed by atoms with E-state index in [4.69, 9.17) is 4.74 Å². The van der Waals surface area contributed by atoms with Crippen molar-refractivity contribution in [1.29, 1.82) is 0 Å². The van der Waals surface area contributed by atoms with E-state index in [0.29, 0.717) is 38.4 Å². The van der Waals surface area contributed by atoms with Crippen LogP contribution in [0.5, 0.6) is 0 Å². The quantitative estimate of drug-likeness (QED) is 0.637. The van der Waals surface area contributed by atoms with Crippen LogP contribution in [0.1, 0.15) is 37.7 Å². The molecule has 0 unspecified atom stereocenters. The summed E-state index contributed by atoms with van der Waals surface area (Å²) in [4.78, 5) is 13.7. The van der Waals surface area contributed by atoms with Crippen LogP contribution in [0.2, 0.25) is 0 Å². The number of amides is 1. The summed E-state index contributed by atoms with van der Waals surface area (Å²) in [6.45, 7) is 2.18. The van der Waals surface area contributed by atoms with Crippen LogP contribution in [0.15, 0.2) is 18.2 Å². The number of rotatable bonds is 5. The number of carbonyl (C=O) groups is 1. The first-order valence-corrected chi connectivity index (χ1v) is 9.03. The molecule has 144 valence electrons. The third-order valence-electron chi connectivity index (χ3n) is 4.95. The molecule has 0 spiro atoms. The zero-order valence-electron chi connectivity index (χ0n) is 14.6. The summed E-state index contributed by atoms with van der Waals surface area (Å²) in [6.07, 6.45) is 1.20. The lowest BCUT2D eigenvalue weighted by molar-refractivity contribution is -0.137. The van der Waals surface area contributed by atoms with Gasteiger partial charge in [-0.15, -0.1) is 0 Å². The second kappa shape index (κ2) is 8.26. The summed E-state index contributed by atoms with van der Waals surface area (Å²) in [6, 6.07) is 3.66. The van der Waals surface area contributed by atoms with Gasteiger partial charge in [-0.1, -0.05) is 19.3 Å². The molecular formula is C18H24F3N3O2. The molecule has 0 aromatic heterocycles. The number of halogens is 3. The molecule has 0 radical (unpaired) electrons. The average molecular weight is 371 g/mol. The van der Waals surface area contributed by atoms with Crippen LogP contribution < -0.4 is 15.3 Å². The monoisotopic (exact) mass is 371 g/mol. The highest BCUT2D eigenvalue weighted by atomic mass is 19.4. The van der Waals surface area contributed by atoms with E-state index < -0.39 is 11.7 Å². The molecule has 1 aromatic rings. The van der Waals surface area contributed by atoms with Gasteiger partial charge in [0.25, 0.3) is 0 Å². The molecule has 1 aliphatic carbocycles. The highest BCUT2D eigenvalue weighted by Crippen LogP contribution is 2.37. The predicted octanol–water partition coefficient (Wildman–Crippen LogP) is 3.34. The van der Waals surface area contributed by atoms with Crippen LogP contribution in [-0.4, -0.2) is 38.8 Å². The summed E-state index contributed by atoms with van der Waals surface area (Å²) < 4.78 is 44.9. The number of alkyl halides is 3. The maximum Gasteiger partial charge on any atom is 0.416 e. The van der Waals surface area contributed by atoms with E-state index in [9.17, 15) is 18.0 Å². The lowest BCUT2D eigenvalue weighted by atomic mass is 9.96. The maximum atomic E-state index is 13.2. The summed E-state index contributed by atoms with van der Waals surface area (Å²) in [5, 5.41) is 1.22. The molecule has 1 saturated heterocycles. The number of carbonyl (C=O) groups excluding carboxylic acids is 1. The molecule has 3 rings (SSSR count). The van der Waals surface area contributed by atoms with Crippen molar-refractivity contribution in [3.05, 3.63) is 23.8 Å². The molecule has 1 amide bonds. The lowest BCUT2D eigenvalue weighted by Gasteiger charge is -2.35. The van der Waals surface area contributed by atoms with Crippen molar-refractivity contribution in [2.24, 2.45) is 0 Å². The lowest BCUT2D eigenvalue weighted by Crippen LogP contribution is -2.46. The summed E-state index contributed by atoms with van der Waals surface area (Å²) in [5.41, 5.74) is 3.20. The zero-order valence-corrected chi connectivity index (χ0v) is 14.6. The molecule has 5 nitrogen and oxygen atoms in total. The van der Waals surface area contributed by atoms with Gasteiger partial charge < -0.3 is 9.64 Å². The van der Waals surface area contributed by atoms with Gasteiger partial charge in [-0.2, -0.15) is 13.2 Å². The van der Waals surface area contributed by atoms with E-state index in [1.54, 1.807) is 0 Å². The van der Waals surface area contributed by atoms with Crippen LogP contribution in [0.4, 0.5) is 24.5 Å². The average Bonchev–Trinajstić information content (AvgIpc) is 2.66. The number of nitrogens with one attached hydrogen (secondary N) is 1. The standard InChI is InChI=1S/C18H24F3N3O2/c19-18(20,21)14-6-7-16(23-8-10-26-11-9-23)17(12-14)24(13-25)22-15-4-2-1-3-5-15/h6-7,12-13,15,22H,1-5,8-11H2. The molecule has 2 fully saturated rings. The summed E-state index contributed by atoms with van der Waals surface area (Å²) in [7, 11) is 0. The highest BCUT2D eigenvalue weighted by molar-refractivity contribution is 5.83. The molecule has 0 atom stereocenters. The van der Waals surface area contributed by atoms with Gasteiger partial charge in [-0.25, -0.2) is 10.4 Å². The summed E-state index contributed by atoms with van der Waals surface area (Å²) >= 11 is 0. The Bertz CT molecular complexity index is 612.